The van der Waals surface area contributed by atoms with E-state index in [1.807, 2.05) is 30.3 Å². The van der Waals surface area contributed by atoms with Gasteiger partial charge in [-0.15, -0.1) is 0 Å². The Labute approximate surface area is 250 Å². The molecule has 42 heavy (non-hydrogen) atoms. The first-order valence-electron chi connectivity index (χ1n) is 14.8. The van der Waals surface area contributed by atoms with Crippen molar-refractivity contribution in [3.8, 4) is 11.5 Å². The van der Waals surface area contributed by atoms with Gasteiger partial charge in [-0.3, -0.25) is 0 Å². The molecule has 0 aromatic heterocycles. The molecule has 0 saturated carbocycles. The molecule has 220 valence electrons. The molecule has 1 heterocycles. The molecule has 0 N–H and O–H groups in total. The summed E-state index contributed by atoms with van der Waals surface area (Å²) >= 11 is 0. The van der Waals surface area contributed by atoms with Gasteiger partial charge >= 0.3 is 0 Å². The molecule has 4 aromatic carbocycles. The van der Waals surface area contributed by atoms with Crippen LogP contribution in [0.1, 0.15) is 35.1 Å². The van der Waals surface area contributed by atoms with Crippen LogP contribution < -0.4 is 19.3 Å². The van der Waals surface area contributed by atoms with Crippen LogP contribution in [0, 0.1) is 0 Å². The van der Waals surface area contributed by atoms with E-state index in [4.69, 9.17) is 18.9 Å². The second-order valence-electron chi connectivity index (χ2n) is 10.7. The molecule has 0 aliphatic carbocycles. The zero-order chi connectivity index (χ0) is 29.0. The molecule has 1 aliphatic heterocycles. The van der Waals surface area contributed by atoms with Crippen LogP contribution in [0.4, 0.5) is 11.4 Å². The Balaban J connectivity index is 1.20. The van der Waals surface area contributed by atoms with Crippen LogP contribution in [-0.2, 0) is 35.8 Å². The van der Waals surface area contributed by atoms with Crippen LogP contribution in [0.15, 0.2) is 97.1 Å². The van der Waals surface area contributed by atoms with Crippen LogP contribution >= 0.6 is 0 Å². The highest BCUT2D eigenvalue weighted by molar-refractivity contribution is 5.52. The molecule has 0 atom stereocenters. The van der Waals surface area contributed by atoms with Crippen molar-refractivity contribution in [2.24, 2.45) is 0 Å². The van der Waals surface area contributed by atoms with Gasteiger partial charge in [0.05, 0.1) is 40.6 Å². The van der Waals surface area contributed by atoms with E-state index in [0.717, 1.165) is 54.5 Å². The maximum atomic E-state index is 5.98. The molecule has 1 aliphatic rings. The number of rotatable bonds is 15. The van der Waals surface area contributed by atoms with E-state index in [2.05, 4.69) is 76.5 Å². The van der Waals surface area contributed by atoms with Gasteiger partial charge in [0.2, 0.25) is 0 Å². The lowest BCUT2D eigenvalue weighted by atomic mass is 10.1. The smallest absolute Gasteiger partial charge is 0.119 e. The molecular formula is C36H42N2O4. The van der Waals surface area contributed by atoms with Gasteiger partial charge in [0.25, 0.3) is 0 Å². The average molecular weight is 567 g/mol. The van der Waals surface area contributed by atoms with Crippen molar-refractivity contribution in [1.82, 2.24) is 0 Å². The zero-order valence-electron chi connectivity index (χ0n) is 24.8. The lowest BCUT2D eigenvalue weighted by Gasteiger charge is -2.26. The third-order valence-electron chi connectivity index (χ3n) is 7.61. The highest BCUT2D eigenvalue weighted by Crippen LogP contribution is 2.26. The summed E-state index contributed by atoms with van der Waals surface area (Å²) < 4.78 is 22.6. The van der Waals surface area contributed by atoms with Crippen molar-refractivity contribution >= 4 is 11.4 Å². The second-order valence-corrected chi connectivity index (χ2v) is 10.7. The van der Waals surface area contributed by atoms with Crippen LogP contribution in [0.5, 0.6) is 11.5 Å². The quantitative estimate of drug-likeness (QED) is 0.141. The van der Waals surface area contributed by atoms with Crippen LogP contribution in [-0.4, -0.2) is 40.5 Å². The van der Waals surface area contributed by atoms with Gasteiger partial charge in [0, 0.05) is 37.6 Å². The number of hydrogen-bond donors (Lipinski definition) is 0. The van der Waals surface area contributed by atoms with Crippen LogP contribution in [0.3, 0.4) is 0 Å². The lowest BCUT2D eigenvalue weighted by molar-refractivity contribution is 0.0338. The topological polar surface area (TPSA) is 43.4 Å². The third kappa shape index (κ3) is 8.51. The molecule has 4 aromatic rings. The summed E-state index contributed by atoms with van der Waals surface area (Å²) in [5.41, 5.74) is 7.21. The maximum absolute atomic E-state index is 5.98. The Morgan fingerprint density at radius 1 is 0.595 bits per heavy atom. The van der Waals surface area contributed by atoms with Crippen molar-refractivity contribution < 1.29 is 18.9 Å². The number of hydrogen-bond acceptors (Lipinski definition) is 6. The van der Waals surface area contributed by atoms with Gasteiger partial charge in [-0.25, -0.2) is 0 Å². The highest BCUT2D eigenvalue weighted by Gasteiger charge is 2.14. The number of benzene rings is 4. The van der Waals surface area contributed by atoms with Crippen molar-refractivity contribution in [3.63, 3.8) is 0 Å². The van der Waals surface area contributed by atoms with Gasteiger partial charge < -0.3 is 28.7 Å². The minimum absolute atomic E-state index is 0.533. The standard InChI is InChI=1S/C36H42N2O4/c1-39-35-12-6-8-30(23-35)26-38(25-29-14-16-33(17-15-29)37-18-3-4-19-37)34-11-5-9-31(22-34)27-41-20-21-42-28-32-10-7-13-36(24-32)40-2/h5-17,22-24H,3-4,18-21,25-28H2,1-2H3. The van der Waals surface area contributed by atoms with E-state index < -0.39 is 0 Å². The summed E-state index contributed by atoms with van der Waals surface area (Å²) in [7, 11) is 3.39. The Hall–Kier alpha value is -4.00. The van der Waals surface area contributed by atoms with E-state index >= 15 is 0 Å². The van der Waals surface area contributed by atoms with E-state index in [1.165, 1.54) is 29.7 Å². The SMILES string of the molecule is COc1cccc(COCCOCc2cccc(N(Cc3ccc(N4CCCC4)cc3)Cc3cccc(OC)c3)c2)c1. The average Bonchev–Trinajstić information content (AvgIpc) is 3.58. The minimum atomic E-state index is 0.533. The van der Waals surface area contributed by atoms with Crippen molar-refractivity contribution in [2.45, 2.75) is 39.1 Å². The largest absolute Gasteiger partial charge is 0.497 e. The first kappa shape index (κ1) is 29.5. The molecule has 0 bridgehead atoms. The molecule has 6 nitrogen and oxygen atoms in total. The van der Waals surface area contributed by atoms with E-state index in [9.17, 15) is 0 Å². The first-order chi connectivity index (χ1) is 20.7. The van der Waals surface area contributed by atoms with Crippen LogP contribution in [0.2, 0.25) is 0 Å². The predicted molar refractivity (Wildman–Crippen MR) is 170 cm³/mol. The molecular weight excluding hydrogens is 524 g/mol. The Bertz CT molecular complexity index is 1390. The summed E-state index contributed by atoms with van der Waals surface area (Å²) in [5, 5.41) is 0. The van der Waals surface area contributed by atoms with Gasteiger partial charge in [-0.2, -0.15) is 0 Å². The monoisotopic (exact) mass is 566 g/mol. The maximum Gasteiger partial charge on any atom is 0.119 e. The van der Waals surface area contributed by atoms with Crippen molar-refractivity contribution in [3.05, 3.63) is 119 Å². The van der Waals surface area contributed by atoms with Crippen molar-refractivity contribution in [1.29, 1.82) is 0 Å². The number of nitrogens with zero attached hydrogens (tertiary/aromatic N) is 2. The fourth-order valence-electron chi connectivity index (χ4n) is 5.34. The summed E-state index contributed by atoms with van der Waals surface area (Å²) in [6, 6.07) is 34.0. The lowest BCUT2D eigenvalue weighted by Crippen LogP contribution is -2.22. The van der Waals surface area contributed by atoms with Gasteiger partial charge in [-0.1, -0.05) is 48.5 Å². The first-order valence-corrected chi connectivity index (χ1v) is 14.8. The molecule has 0 unspecified atom stereocenters. The highest BCUT2D eigenvalue weighted by atomic mass is 16.5. The molecule has 0 spiro atoms. The summed E-state index contributed by atoms with van der Waals surface area (Å²) in [6.07, 6.45) is 2.57. The van der Waals surface area contributed by atoms with E-state index in [0.29, 0.717) is 26.4 Å². The summed E-state index contributed by atoms with van der Waals surface area (Å²) in [5.74, 6) is 1.71. The van der Waals surface area contributed by atoms with Gasteiger partial charge in [0.15, 0.2) is 0 Å². The molecule has 5 rings (SSSR count). The Morgan fingerprint density at radius 2 is 1.14 bits per heavy atom. The molecule has 6 heteroatoms. The predicted octanol–water partition coefficient (Wildman–Crippen LogP) is 7.24. The summed E-state index contributed by atoms with van der Waals surface area (Å²) in [6.45, 7) is 6.03. The van der Waals surface area contributed by atoms with E-state index in [-0.39, 0.29) is 0 Å². The fraction of sp³-hybridized carbons (Fsp3) is 0.333. The Kier molecular flexibility index (Phi) is 10.7. The molecule has 1 fully saturated rings. The van der Waals surface area contributed by atoms with Gasteiger partial charge in [0.1, 0.15) is 11.5 Å². The minimum Gasteiger partial charge on any atom is -0.497 e. The third-order valence-corrected chi connectivity index (χ3v) is 7.61. The van der Waals surface area contributed by atoms with Gasteiger partial charge in [-0.05, 0) is 83.6 Å². The molecule has 1 saturated heterocycles. The number of ether oxygens (including phenoxy) is 4. The Morgan fingerprint density at radius 3 is 1.79 bits per heavy atom. The molecule has 0 radical (unpaired) electrons. The molecule has 0 amide bonds. The normalized spacial score (nSPS) is 12.9. The van der Waals surface area contributed by atoms with Crippen LogP contribution in [0.25, 0.3) is 0 Å². The number of methoxy groups -OCH3 is 2. The van der Waals surface area contributed by atoms with E-state index in [1.54, 1.807) is 14.2 Å². The summed E-state index contributed by atoms with van der Waals surface area (Å²) in [4.78, 5) is 4.89. The number of anilines is 2. The second kappa shape index (κ2) is 15.3. The zero-order valence-corrected chi connectivity index (χ0v) is 24.8. The van der Waals surface area contributed by atoms with Crippen molar-refractivity contribution in [2.75, 3.05) is 50.3 Å². The fourth-order valence-corrected chi connectivity index (χ4v) is 5.34.